The fourth-order valence-corrected chi connectivity index (χ4v) is 5.21. The second kappa shape index (κ2) is 11.9. The van der Waals surface area contributed by atoms with Gasteiger partial charge in [-0.25, -0.2) is 0 Å². The minimum absolute atomic E-state index is 0.0130. The number of hydrogen-bond donors (Lipinski definition) is 0. The molecule has 0 fully saturated rings. The van der Waals surface area contributed by atoms with E-state index < -0.39 is 4.92 Å². The first-order chi connectivity index (χ1) is 19.9. The molecule has 1 heterocycles. The Morgan fingerprint density at radius 1 is 0.927 bits per heavy atom. The van der Waals surface area contributed by atoms with Crippen molar-refractivity contribution in [2.45, 2.75) is 25.4 Å². The molecule has 41 heavy (non-hydrogen) atoms. The van der Waals surface area contributed by atoms with Gasteiger partial charge in [-0.05, 0) is 85.1 Å². The number of fused-ring (bicyclic) bond motifs is 1. The normalized spacial score (nSPS) is 16.2. The molecule has 0 aliphatic carbocycles. The smallest absolute Gasteiger partial charge is 0.269 e. The zero-order valence-corrected chi connectivity index (χ0v) is 22.7. The molecule has 0 aromatic heterocycles. The summed E-state index contributed by atoms with van der Waals surface area (Å²) in [5.41, 5.74) is 3.56. The molecule has 8 nitrogen and oxygen atoms in total. The maximum absolute atomic E-state index is 13.8. The van der Waals surface area contributed by atoms with E-state index in [1.165, 1.54) is 18.2 Å². The van der Waals surface area contributed by atoms with Crippen molar-refractivity contribution in [3.63, 3.8) is 0 Å². The molecule has 0 N–H and O–H groups in total. The van der Waals surface area contributed by atoms with E-state index >= 15 is 0 Å². The van der Waals surface area contributed by atoms with E-state index in [0.717, 1.165) is 16.9 Å². The van der Waals surface area contributed by atoms with E-state index in [2.05, 4.69) is 0 Å². The number of nitrogens with zero attached hydrogens (tertiary/aromatic N) is 3. The van der Waals surface area contributed by atoms with Crippen LogP contribution in [0.1, 0.15) is 40.9 Å². The lowest BCUT2D eigenvalue weighted by Gasteiger charge is -2.43. The number of amides is 2. The summed E-state index contributed by atoms with van der Waals surface area (Å²) in [5, 5.41) is 11.0. The Kier molecular flexibility index (Phi) is 7.92. The molecule has 206 valence electrons. The highest BCUT2D eigenvalue weighted by molar-refractivity contribution is 6.08. The van der Waals surface area contributed by atoms with Crippen molar-refractivity contribution in [1.82, 2.24) is 0 Å². The summed E-state index contributed by atoms with van der Waals surface area (Å²) >= 11 is 0. The molecule has 1 aliphatic rings. The van der Waals surface area contributed by atoms with Gasteiger partial charge in [0.25, 0.3) is 17.5 Å². The van der Waals surface area contributed by atoms with Gasteiger partial charge in [0, 0.05) is 41.2 Å². The zero-order chi connectivity index (χ0) is 28.9. The van der Waals surface area contributed by atoms with Crippen LogP contribution in [0.25, 0.3) is 6.08 Å². The van der Waals surface area contributed by atoms with Crippen LogP contribution in [0.2, 0.25) is 0 Å². The molecule has 8 heteroatoms. The van der Waals surface area contributed by atoms with E-state index in [4.69, 9.17) is 4.74 Å². The summed E-state index contributed by atoms with van der Waals surface area (Å²) in [6.07, 6.45) is 3.65. The molecule has 0 saturated carbocycles. The van der Waals surface area contributed by atoms with Gasteiger partial charge in [0.15, 0.2) is 0 Å². The van der Waals surface area contributed by atoms with E-state index in [9.17, 15) is 19.7 Å². The molecule has 5 rings (SSSR count). The molecule has 0 bridgehead atoms. The van der Waals surface area contributed by atoms with Gasteiger partial charge in [0.05, 0.1) is 18.1 Å². The third kappa shape index (κ3) is 5.72. The Bertz CT molecular complexity index is 1580. The Morgan fingerprint density at radius 2 is 1.59 bits per heavy atom. The Labute approximate surface area is 238 Å². The van der Waals surface area contributed by atoms with Gasteiger partial charge < -0.3 is 14.5 Å². The molecular weight excluding hydrogens is 518 g/mol. The van der Waals surface area contributed by atoms with Crippen LogP contribution in [0.3, 0.4) is 0 Å². The third-order valence-corrected chi connectivity index (χ3v) is 7.22. The quantitative estimate of drug-likeness (QED) is 0.144. The lowest BCUT2D eigenvalue weighted by atomic mass is 9.89. The summed E-state index contributed by atoms with van der Waals surface area (Å²) in [5.74, 6) is 0.311. The number of nitro groups is 1. The lowest BCUT2D eigenvalue weighted by Crippen LogP contribution is -2.47. The topological polar surface area (TPSA) is 93.0 Å². The van der Waals surface area contributed by atoms with Crippen molar-refractivity contribution in [2.75, 3.05) is 16.9 Å². The van der Waals surface area contributed by atoms with Gasteiger partial charge >= 0.3 is 0 Å². The molecule has 0 unspecified atom stereocenters. The van der Waals surface area contributed by atoms with E-state index in [-0.39, 0.29) is 29.6 Å². The summed E-state index contributed by atoms with van der Waals surface area (Å²) < 4.78 is 5.24. The predicted molar refractivity (Wildman–Crippen MR) is 159 cm³/mol. The van der Waals surface area contributed by atoms with Crippen LogP contribution in [0.4, 0.5) is 17.1 Å². The highest BCUT2D eigenvalue weighted by Gasteiger charge is 2.38. The lowest BCUT2D eigenvalue weighted by molar-refractivity contribution is -0.384. The minimum atomic E-state index is -0.458. The minimum Gasteiger partial charge on any atom is -0.497 e. The number of non-ortho nitro benzene ring substituents is 1. The summed E-state index contributed by atoms with van der Waals surface area (Å²) in [4.78, 5) is 41.7. The van der Waals surface area contributed by atoms with Crippen molar-refractivity contribution in [2.24, 2.45) is 0 Å². The Morgan fingerprint density at radius 3 is 2.24 bits per heavy atom. The van der Waals surface area contributed by atoms with Crippen LogP contribution in [0, 0.1) is 10.1 Å². The third-order valence-electron chi connectivity index (χ3n) is 7.22. The number of carbonyl (C=O) groups excluding carboxylic acids is 2. The van der Waals surface area contributed by atoms with Crippen molar-refractivity contribution < 1.29 is 19.2 Å². The largest absolute Gasteiger partial charge is 0.497 e. The first kappa shape index (κ1) is 27.3. The van der Waals surface area contributed by atoms with Crippen LogP contribution in [0.15, 0.2) is 109 Å². The summed E-state index contributed by atoms with van der Waals surface area (Å²) in [6, 6.07) is 29.7. The summed E-state index contributed by atoms with van der Waals surface area (Å²) in [7, 11) is 1.58. The standard InChI is InChI=1S/C33H29N3O5/c1-23-22-31(29-10-6-7-11-30(29)34(23)33(38)25-15-19-28(41-2)20-16-25)35(26-8-4-3-5-9-26)32(37)21-14-24-12-17-27(18-13-24)36(39)40/h3-21,23,31H,22H2,1-2H3/b21-14+/t23-,31-/m1/s1. The molecule has 0 spiro atoms. The van der Waals surface area contributed by atoms with E-state index in [0.29, 0.717) is 23.3 Å². The number of rotatable bonds is 7. The van der Waals surface area contributed by atoms with Gasteiger partial charge in [-0.3, -0.25) is 19.7 Å². The van der Waals surface area contributed by atoms with Crippen molar-refractivity contribution >= 4 is 35.0 Å². The Balaban J connectivity index is 1.50. The maximum Gasteiger partial charge on any atom is 0.269 e. The van der Waals surface area contributed by atoms with Crippen LogP contribution >= 0.6 is 0 Å². The van der Waals surface area contributed by atoms with Crippen molar-refractivity contribution in [1.29, 1.82) is 0 Å². The van der Waals surface area contributed by atoms with Crippen LogP contribution < -0.4 is 14.5 Å². The number of ether oxygens (including phenoxy) is 1. The number of benzene rings is 4. The second-order valence-electron chi connectivity index (χ2n) is 9.79. The predicted octanol–water partition coefficient (Wildman–Crippen LogP) is 6.83. The van der Waals surface area contributed by atoms with Gasteiger partial charge in [0.2, 0.25) is 0 Å². The van der Waals surface area contributed by atoms with Crippen molar-refractivity contribution in [3.05, 3.63) is 136 Å². The average Bonchev–Trinajstić information content (AvgIpc) is 3.00. The highest BCUT2D eigenvalue weighted by Crippen LogP contribution is 2.43. The van der Waals surface area contributed by atoms with Gasteiger partial charge in [-0.1, -0.05) is 36.4 Å². The molecular formula is C33H29N3O5. The molecule has 0 radical (unpaired) electrons. The molecule has 2 amide bonds. The average molecular weight is 548 g/mol. The number of hydrogen-bond acceptors (Lipinski definition) is 5. The first-order valence-electron chi connectivity index (χ1n) is 13.2. The number of para-hydroxylation sites is 2. The van der Waals surface area contributed by atoms with E-state index in [1.54, 1.807) is 59.4 Å². The molecule has 0 saturated heterocycles. The summed E-state index contributed by atoms with van der Waals surface area (Å²) in [6.45, 7) is 1.99. The van der Waals surface area contributed by atoms with Crippen LogP contribution in [-0.4, -0.2) is 29.9 Å². The first-order valence-corrected chi connectivity index (χ1v) is 13.2. The van der Waals surface area contributed by atoms with Crippen LogP contribution in [-0.2, 0) is 4.79 Å². The molecule has 2 atom stereocenters. The molecule has 4 aromatic rings. The fraction of sp³-hybridized carbons (Fsp3) is 0.152. The second-order valence-corrected chi connectivity index (χ2v) is 9.79. The highest BCUT2D eigenvalue weighted by atomic mass is 16.6. The number of nitro benzene ring substituents is 1. The van der Waals surface area contributed by atoms with Crippen molar-refractivity contribution in [3.8, 4) is 5.75 Å². The number of anilines is 2. The molecule has 1 aliphatic heterocycles. The fourth-order valence-electron chi connectivity index (χ4n) is 5.21. The molecule has 4 aromatic carbocycles. The Hall–Kier alpha value is -5.24. The number of methoxy groups -OCH3 is 1. The van der Waals surface area contributed by atoms with Gasteiger partial charge in [0.1, 0.15) is 5.75 Å². The SMILES string of the molecule is COc1ccc(C(=O)N2c3ccccc3[C@H](N(C(=O)/C=C/c3ccc([N+](=O)[O-])cc3)c3ccccc3)C[C@H]2C)cc1. The van der Waals surface area contributed by atoms with Gasteiger partial charge in [-0.2, -0.15) is 0 Å². The van der Waals surface area contributed by atoms with Gasteiger partial charge in [-0.15, -0.1) is 0 Å². The van der Waals surface area contributed by atoms with E-state index in [1.807, 2.05) is 61.5 Å². The monoisotopic (exact) mass is 547 g/mol. The maximum atomic E-state index is 13.8. The van der Waals surface area contributed by atoms with Crippen LogP contribution in [0.5, 0.6) is 5.75 Å². The number of carbonyl (C=O) groups is 2. The zero-order valence-electron chi connectivity index (χ0n) is 22.7.